The van der Waals surface area contributed by atoms with E-state index in [-0.39, 0.29) is 5.75 Å². The Labute approximate surface area is 145 Å². The standard InChI is InChI=1S/C18H22FN3O3/c1-2-22-11-8-20-16(22)13-21-9-6-18(7-10-21,17(23)24)25-15-5-3-4-14(19)12-15/h3-5,8,11-12H,2,6-7,9-10,13H2,1H3,(H,23,24). The summed E-state index contributed by atoms with van der Waals surface area (Å²) in [5.74, 6) is -0.234. The van der Waals surface area contributed by atoms with Gasteiger partial charge in [0.05, 0.1) is 6.54 Å². The molecule has 134 valence electrons. The highest BCUT2D eigenvalue weighted by atomic mass is 19.1. The number of carbonyl (C=O) groups is 1. The average molecular weight is 347 g/mol. The van der Waals surface area contributed by atoms with Crippen molar-refractivity contribution in [2.75, 3.05) is 13.1 Å². The highest BCUT2D eigenvalue weighted by molar-refractivity contribution is 5.78. The maximum absolute atomic E-state index is 13.3. The molecular weight excluding hydrogens is 325 g/mol. The number of aliphatic carboxylic acids is 1. The zero-order valence-corrected chi connectivity index (χ0v) is 14.2. The largest absolute Gasteiger partial charge is 0.478 e. The number of carboxylic acid groups (broad SMARTS) is 1. The number of hydrogen-bond donors (Lipinski definition) is 1. The Bertz CT molecular complexity index is 739. The van der Waals surface area contributed by atoms with Crippen molar-refractivity contribution in [1.82, 2.24) is 14.5 Å². The van der Waals surface area contributed by atoms with Crippen LogP contribution < -0.4 is 4.74 Å². The normalized spacial score (nSPS) is 17.4. The van der Waals surface area contributed by atoms with Gasteiger partial charge in [0.15, 0.2) is 0 Å². The van der Waals surface area contributed by atoms with E-state index in [0.29, 0.717) is 32.5 Å². The molecule has 1 N–H and O–H groups in total. The molecule has 1 aliphatic heterocycles. The molecule has 1 aliphatic rings. The number of carboxylic acids is 1. The van der Waals surface area contributed by atoms with Gasteiger partial charge in [-0.05, 0) is 19.1 Å². The van der Waals surface area contributed by atoms with Crippen LogP contribution in [0, 0.1) is 5.82 Å². The van der Waals surface area contributed by atoms with Crippen molar-refractivity contribution in [1.29, 1.82) is 0 Å². The fraction of sp³-hybridized carbons (Fsp3) is 0.444. The summed E-state index contributed by atoms with van der Waals surface area (Å²) in [6, 6.07) is 5.62. The Kier molecular flexibility index (Phi) is 5.03. The molecule has 0 radical (unpaired) electrons. The van der Waals surface area contributed by atoms with Crippen molar-refractivity contribution >= 4 is 5.97 Å². The number of halogens is 1. The van der Waals surface area contributed by atoms with Gasteiger partial charge in [-0.2, -0.15) is 0 Å². The molecule has 2 aromatic rings. The predicted octanol–water partition coefficient (Wildman–Crippen LogP) is 2.54. The molecule has 0 saturated carbocycles. The van der Waals surface area contributed by atoms with Crippen LogP contribution >= 0.6 is 0 Å². The van der Waals surface area contributed by atoms with Gasteiger partial charge in [-0.25, -0.2) is 14.2 Å². The Morgan fingerprint density at radius 1 is 1.40 bits per heavy atom. The van der Waals surface area contributed by atoms with E-state index in [0.717, 1.165) is 12.4 Å². The average Bonchev–Trinajstić information content (AvgIpc) is 3.04. The van der Waals surface area contributed by atoms with Gasteiger partial charge in [-0.1, -0.05) is 6.07 Å². The van der Waals surface area contributed by atoms with Crippen molar-refractivity contribution in [2.24, 2.45) is 0 Å². The van der Waals surface area contributed by atoms with Crippen molar-refractivity contribution in [2.45, 2.75) is 38.5 Å². The molecule has 0 spiro atoms. The summed E-state index contributed by atoms with van der Waals surface area (Å²) >= 11 is 0. The van der Waals surface area contributed by atoms with Crippen molar-refractivity contribution in [3.8, 4) is 5.75 Å². The number of piperidine rings is 1. The van der Waals surface area contributed by atoms with Gasteiger partial charge in [-0.15, -0.1) is 0 Å². The number of ether oxygens (including phenoxy) is 1. The van der Waals surface area contributed by atoms with Crippen molar-refractivity contribution < 1.29 is 19.0 Å². The van der Waals surface area contributed by atoms with Gasteiger partial charge in [0, 0.05) is 50.9 Å². The monoisotopic (exact) mass is 347 g/mol. The molecule has 6 nitrogen and oxygen atoms in total. The van der Waals surface area contributed by atoms with Crippen molar-refractivity contribution in [3.05, 3.63) is 48.3 Å². The summed E-state index contributed by atoms with van der Waals surface area (Å²) < 4.78 is 21.1. The van der Waals surface area contributed by atoms with Gasteiger partial charge < -0.3 is 14.4 Å². The summed E-state index contributed by atoms with van der Waals surface area (Å²) in [4.78, 5) is 18.4. The predicted molar refractivity (Wildman–Crippen MR) is 89.8 cm³/mol. The third kappa shape index (κ3) is 3.82. The van der Waals surface area contributed by atoms with E-state index < -0.39 is 17.4 Å². The molecule has 0 aliphatic carbocycles. The maximum atomic E-state index is 13.3. The van der Waals surface area contributed by atoms with Crippen LogP contribution in [0.15, 0.2) is 36.7 Å². The van der Waals surface area contributed by atoms with E-state index in [2.05, 4.69) is 21.4 Å². The number of imidazole rings is 1. The van der Waals surface area contributed by atoms with Crippen LogP contribution in [0.1, 0.15) is 25.6 Å². The molecule has 0 amide bonds. The van der Waals surface area contributed by atoms with Gasteiger partial charge >= 0.3 is 5.97 Å². The number of hydrogen-bond acceptors (Lipinski definition) is 4. The Morgan fingerprint density at radius 2 is 2.16 bits per heavy atom. The molecule has 2 heterocycles. The highest BCUT2D eigenvalue weighted by Gasteiger charge is 2.44. The Morgan fingerprint density at radius 3 is 2.80 bits per heavy atom. The van der Waals surface area contributed by atoms with Crippen LogP contribution in [0.4, 0.5) is 4.39 Å². The van der Waals surface area contributed by atoms with Crippen LogP contribution in [0.25, 0.3) is 0 Å². The number of rotatable bonds is 6. The summed E-state index contributed by atoms with van der Waals surface area (Å²) in [5.41, 5.74) is -1.32. The minimum absolute atomic E-state index is 0.248. The zero-order chi connectivity index (χ0) is 17.9. The van der Waals surface area contributed by atoms with Crippen LogP contribution in [-0.2, 0) is 17.9 Å². The lowest BCUT2D eigenvalue weighted by atomic mass is 9.91. The second-order valence-electron chi connectivity index (χ2n) is 6.26. The summed E-state index contributed by atoms with van der Waals surface area (Å²) in [5, 5.41) is 9.69. The Balaban J connectivity index is 1.67. The minimum Gasteiger partial charge on any atom is -0.478 e. The lowest BCUT2D eigenvalue weighted by Crippen LogP contribution is -2.53. The first kappa shape index (κ1) is 17.4. The van der Waals surface area contributed by atoms with Crippen LogP contribution in [0.5, 0.6) is 5.75 Å². The first-order valence-corrected chi connectivity index (χ1v) is 8.43. The molecular formula is C18H22FN3O3. The van der Waals surface area contributed by atoms with Crippen LogP contribution in [-0.4, -0.2) is 44.2 Å². The van der Waals surface area contributed by atoms with Crippen LogP contribution in [0.2, 0.25) is 0 Å². The smallest absolute Gasteiger partial charge is 0.348 e. The van der Waals surface area contributed by atoms with Gasteiger partial charge in [-0.3, -0.25) is 4.90 Å². The minimum atomic E-state index is -1.32. The second-order valence-corrected chi connectivity index (χ2v) is 6.26. The van der Waals surface area contributed by atoms with E-state index in [1.165, 1.54) is 18.2 Å². The summed E-state index contributed by atoms with van der Waals surface area (Å²) in [6.45, 7) is 4.75. The SMILES string of the molecule is CCn1ccnc1CN1CCC(Oc2cccc(F)c2)(C(=O)O)CC1. The lowest BCUT2D eigenvalue weighted by Gasteiger charge is -2.38. The van der Waals surface area contributed by atoms with Gasteiger partial charge in [0.1, 0.15) is 17.4 Å². The second kappa shape index (κ2) is 7.23. The van der Waals surface area contributed by atoms with Crippen molar-refractivity contribution in [3.63, 3.8) is 0 Å². The number of nitrogens with zero attached hydrogens (tertiary/aromatic N) is 3. The first-order valence-electron chi connectivity index (χ1n) is 8.43. The molecule has 1 fully saturated rings. The third-order valence-corrected chi connectivity index (χ3v) is 4.67. The maximum Gasteiger partial charge on any atom is 0.348 e. The highest BCUT2D eigenvalue weighted by Crippen LogP contribution is 2.30. The van der Waals surface area contributed by atoms with E-state index >= 15 is 0 Å². The fourth-order valence-corrected chi connectivity index (χ4v) is 3.17. The van der Waals surface area contributed by atoms with E-state index in [1.54, 1.807) is 12.3 Å². The quantitative estimate of drug-likeness (QED) is 0.870. The Hall–Kier alpha value is -2.41. The number of benzene rings is 1. The van der Waals surface area contributed by atoms with E-state index in [1.807, 2.05) is 6.20 Å². The van der Waals surface area contributed by atoms with Gasteiger partial charge in [0.25, 0.3) is 0 Å². The molecule has 0 bridgehead atoms. The van der Waals surface area contributed by atoms with Gasteiger partial charge in [0.2, 0.25) is 5.60 Å². The number of aryl methyl sites for hydroxylation is 1. The number of likely N-dealkylation sites (tertiary alicyclic amines) is 1. The van der Waals surface area contributed by atoms with Crippen LogP contribution in [0.3, 0.4) is 0 Å². The molecule has 1 aromatic carbocycles. The first-order chi connectivity index (χ1) is 12.0. The third-order valence-electron chi connectivity index (χ3n) is 4.67. The molecule has 0 atom stereocenters. The molecule has 25 heavy (non-hydrogen) atoms. The molecule has 7 heteroatoms. The molecule has 1 saturated heterocycles. The number of aromatic nitrogens is 2. The molecule has 0 unspecified atom stereocenters. The summed E-state index contributed by atoms with van der Waals surface area (Å²) in [7, 11) is 0. The molecule has 1 aromatic heterocycles. The molecule has 3 rings (SSSR count). The van der Waals surface area contributed by atoms with E-state index in [9.17, 15) is 14.3 Å². The zero-order valence-electron chi connectivity index (χ0n) is 14.2. The summed E-state index contributed by atoms with van der Waals surface area (Å²) in [6.07, 6.45) is 4.39. The van der Waals surface area contributed by atoms with E-state index in [4.69, 9.17) is 4.74 Å². The lowest BCUT2D eigenvalue weighted by molar-refractivity contribution is -0.160. The fourth-order valence-electron chi connectivity index (χ4n) is 3.17. The topological polar surface area (TPSA) is 67.6 Å².